The number of nitrogens with one attached hydrogen (secondary N) is 1. The van der Waals surface area contributed by atoms with E-state index in [1.807, 2.05) is 0 Å². The minimum absolute atomic E-state index is 0.0435. The number of benzene rings is 2. The van der Waals surface area contributed by atoms with Gasteiger partial charge in [0.2, 0.25) is 12.7 Å². The van der Waals surface area contributed by atoms with Gasteiger partial charge in [0.1, 0.15) is 11.6 Å². The molecule has 0 unspecified atom stereocenters. The van der Waals surface area contributed by atoms with E-state index >= 15 is 0 Å². The van der Waals surface area contributed by atoms with Crippen molar-refractivity contribution in [2.24, 2.45) is 0 Å². The first-order valence-electron chi connectivity index (χ1n) is 10.1. The number of ether oxygens (including phenoxy) is 2. The van der Waals surface area contributed by atoms with Crippen LogP contribution in [-0.2, 0) is 17.9 Å². The van der Waals surface area contributed by atoms with Gasteiger partial charge >= 0.3 is 0 Å². The highest BCUT2D eigenvalue weighted by molar-refractivity contribution is 7.99. The van der Waals surface area contributed by atoms with Crippen molar-refractivity contribution in [3.05, 3.63) is 82.3 Å². The number of aromatic nitrogens is 2. The second kappa shape index (κ2) is 8.99. The number of carbonyl (C=O) groups excluding carboxylic acids is 1. The number of thioether (sulfide) groups is 1. The van der Waals surface area contributed by atoms with Crippen molar-refractivity contribution in [1.82, 2.24) is 14.9 Å². The number of hydrogen-bond acceptors (Lipinski definition) is 7. The summed E-state index contributed by atoms with van der Waals surface area (Å²) >= 11 is 1.14. The van der Waals surface area contributed by atoms with Crippen molar-refractivity contribution >= 4 is 28.6 Å². The monoisotopic (exact) mass is 467 g/mol. The zero-order chi connectivity index (χ0) is 22.8. The summed E-state index contributed by atoms with van der Waals surface area (Å²) in [5.41, 5.74) is 0.961. The quantitative estimate of drug-likeness (QED) is 0.329. The average molecular weight is 467 g/mol. The topological polar surface area (TPSA) is 95.6 Å². The van der Waals surface area contributed by atoms with E-state index in [1.165, 1.54) is 23.0 Å². The minimum Gasteiger partial charge on any atom is -0.467 e. The fourth-order valence-electron chi connectivity index (χ4n) is 3.38. The maximum absolute atomic E-state index is 13.3. The Morgan fingerprint density at radius 2 is 1.94 bits per heavy atom. The summed E-state index contributed by atoms with van der Waals surface area (Å²) in [6.45, 7) is 0.526. The highest BCUT2D eigenvalue weighted by Gasteiger charge is 2.20. The van der Waals surface area contributed by atoms with Crippen LogP contribution in [0.1, 0.15) is 11.3 Å². The van der Waals surface area contributed by atoms with Crippen LogP contribution in [-0.4, -0.2) is 28.0 Å². The van der Waals surface area contributed by atoms with Crippen molar-refractivity contribution < 1.29 is 23.1 Å². The third-order valence-electron chi connectivity index (χ3n) is 5.04. The molecule has 168 valence electrons. The van der Waals surface area contributed by atoms with Crippen molar-refractivity contribution in [1.29, 1.82) is 0 Å². The van der Waals surface area contributed by atoms with E-state index in [1.54, 1.807) is 36.4 Å². The van der Waals surface area contributed by atoms with Crippen LogP contribution < -0.4 is 20.3 Å². The zero-order valence-electron chi connectivity index (χ0n) is 17.2. The molecule has 4 aromatic rings. The fraction of sp³-hybridized carbons (Fsp3) is 0.174. The number of furan rings is 1. The third kappa shape index (κ3) is 4.56. The average Bonchev–Trinajstić information content (AvgIpc) is 3.50. The van der Waals surface area contributed by atoms with E-state index in [0.717, 1.165) is 17.3 Å². The Bertz CT molecular complexity index is 1370. The van der Waals surface area contributed by atoms with Crippen LogP contribution in [0.15, 0.2) is 69.2 Å². The summed E-state index contributed by atoms with van der Waals surface area (Å²) in [5.74, 6) is 1.07. The summed E-state index contributed by atoms with van der Waals surface area (Å²) in [7, 11) is 0. The number of amides is 1. The maximum Gasteiger partial charge on any atom is 0.262 e. The number of fused-ring (bicyclic) bond motifs is 2. The lowest BCUT2D eigenvalue weighted by Gasteiger charge is -2.12. The normalized spacial score (nSPS) is 12.3. The predicted octanol–water partition coefficient (Wildman–Crippen LogP) is 3.31. The SMILES string of the molecule is O=C(CSc1nc2cc3c(cc2c(=O)n1Cc1ccco1)OCO3)NCc1ccc(F)cc1. The first-order valence-corrected chi connectivity index (χ1v) is 11.1. The molecule has 33 heavy (non-hydrogen) atoms. The maximum atomic E-state index is 13.3. The van der Waals surface area contributed by atoms with E-state index in [2.05, 4.69) is 10.3 Å². The van der Waals surface area contributed by atoms with Crippen molar-refractivity contribution in [3.8, 4) is 11.5 Å². The van der Waals surface area contributed by atoms with Gasteiger partial charge in [-0.05, 0) is 35.9 Å². The molecule has 0 spiro atoms. The number of halogens is 1. The Labute approximate surface area is 191 Å². The largest absolute Gasteiger partial charge is 0.467 e. The van der Waals surface area contributed by atoms with Crippen LogP contribution in [0.2, 0.25) is 0 Å². The number of carbonyl (C=O) groups is 1. The molecule has 8 nitrogen and oxygen atoms in total. The van der Waals surface area contributed by atoms with Crippen molar-refractivity contribution in [2.75, 3.05) is 12.5 Å². The molecule has 5 rings (SSSR count). The summed E-state index contributed by atoms with van der Waals surface area (Å²) < 4.78 is 30.7. The van der Waals surface area contributed by atoms with Gasteiger partial charge in [0.15, 0.2) is 16.7 Å². The molecule has 0 aliphatic carbocycles. The van der Waals surface area contributed by atoms with Crippen molar-refractivity contribution in [2.45, 2.75) is 18.2 Å². The molecule has 2 aromatic heterocycles. The van der Waals surface area contributed by atoms with E-state index < -0.39 is 0 Å². The molecule has 10 heteroatoms. The van der Waals surface area contributed by atoms with Gasteiger partial charge in [-0.3, -0.25) is 14.2 Å². The molecule has 3 heterocycles. The summed E-state index contributed by atoms with van der Waals surface area (Å²) in [4.78, 5) is 30.3. The number of rotatable bonds is 7. The molecule has 0 saturated heterocycles. The minimum atomic E-state index is -0.333. The lowest BCUT2D eigenvalue weighted by atomic mass is 10.2. The van der Waals surface area contributed by atoms with Gasteiger partial charge in [0, 0.05) is 12.6 Å². The van der Waals surface area contributed by atoms with Gasteiger partial charge in [0.05, 0.1) is 29.5 Å². The zero-order valence-corrected chi connectivity index (χ0v) is 18.1. The summed E-state index contributed by atoms with van der Waals surface area (Å²) in [5, 5.41) is 3.55. The Morgan fingerprint density at radius 3 is 2.70 bits per heavy atom. The predicted molar refractivity (Wildman–Crippen MR) is 119 cm³/mol. The van der Waals surface area contributed by atoms with Crippen LogP contribution in [0.3, 0.4) is 0 Å². The first kappa shape index (κ1) is 21.1. The molecule has 0 radical (unpaired) electrons. The van der Waals surface area contributed by atoms with Gasteiger partial charge in [-0.2, -0.15) is 0 Å². The van der Waals surface area contributed by atoms with Gasteiger partial charge in [-0.15, -0.1) is 0 Å². The fourth-order valence-corrected chi connectivity index (χ4v) is 4.21. The van der Waals surface area contributed by atoms with Gasteiger partial charge < -0.3 is 19.2 Å². The molecular formula is C23H18FN3O5S. The van der Waals surface area contributed by atoms with Crippen LogP contribution in [0.25, 0.3) is 10.9 Å². The molecule has 0 atom stereocenters. The molecule has 1 aliphatic rings. The van der Waals surface area contributed by atoms with Crippen LogP contribution in [0.4, 0.5) is 4.39 Å². The lowest BCUT2D eigenvalue weighted by molar-refractivity contribution is -0.118. The summed E-state index contributed by atoms with van der Waals surface area (Å²) in [6, 6.07) is 12.7. The standard InChI is InChI=1S/C23H18FN3O5S/c24-15-5-3-14(4-6-15)10-25-21(28)12-33-23-26-18-9-20-19(31-13-32-20)8-17(18)22(29)27(23)11-16-2-1-7-30-16/h1-9H,10-13H2,(H,25,28). The van der Waals surface area contributed by atoms with Crippen LogP contribution >= 0.6 is 11.8 Å². The molecule has 0 bridgehead atoms. The molecular weight excluding hydrogens is 449 g/mol. The highest BCUT2D eigenvalue weighted by atomic mass is 32.2. The van der Waals surface area contributed by atoms with E-state index in [-0.39, 0.29) is 42.9 Å². The molecule has 2 aromatic carbocycles. The molecule has 1 N–H and O–H groups in total. The first-order chi connectivity index (χ1) is 16.1. The Hall–Kier alpha value is -3.79. The van der Waals surface area contributed by atoms with E-state index in [4.69, 9.17) is 13.9 Å². The van der Waals surface area contributed by atoms with E-state index in [0.29, 0.717) is 33.3 Å². The van der Waals surface area contributed by atoms with Crippen molar-refractivity contribution in [3.63, 3.8) is 0 Å². The number of hydrogen-bond donors (Lipinski definition) is 1. The molecule has 1 amide bonds. The Balaban J connectivity index is 1.39. The van der Waals surface area contributed by atoms with Crippen LogP contribution in [0, 0.1) is 5.82 Å². The molecule has 0 saturated carbocycles. The number of nitrogens with zero attached hydrogens (tertiary/aromatic N) is 2. The second-order valence-electron chi connectivity index (χ2n) is 7.28. The Morgan fingerprint density at radius 1 is 1.15 bits per heavy atom. The third-order valence-corrected chi connectivity index (χ3v) is 6.02. The van der Waals surface area contributed by atoms with Gasteiger partial charge in [0.25, 0.3) is 5.56 Å². The van der Waals surface area contributed by atoms with E-state index in [9.17, 15) is 14.0 Å². The summed E-state index contributed by atoms with van der Waals surface area (Å²) in [6.07, 6.45) is 1.53. The van der Waals surface area contributed by atoms with Gasteiger partial charge in [-0.25, -0.2) is 9.37 Å². The Kier molecular flexibility index (Phi) is 5.74. The molecule has 0 fully saturated rings. The second-order valence-corrected chi connectivity index (χ2v) is 8.22. The van der Waals surface area contributed by atoms with Crippen LogP contribution in [0.5, 0.6) is 11.5 Å². The smallest absolute Gasteiger partial charge is 0.262 e. The molecule has 1 aliphatic heterocycles. The lowest BCUT2D eigenvalue weighted by Crippen LogP contribution is -2.27. The highest BCUT2D eigenvalue weighted by Crippen LogP contribution is 2.35. The van der Waals surface area contributed by atoms with Gasteiger partial charge in [-0.1, -0.05) is 23.9 Å².